The summed E-state index contributed by atoms with van der Waals surface area (Å²) in [4.78, 5) is 12.1. The van der Waals surface area contributed by atoms with Crippen molar-refractivity contribution < 1.29 is 18.3 Å². The lowest BCUT2D eigenvalue weighted by Gasteiger charge is -2.07. The molecule has 19 heavy (non-hydrogen) atoms. The molecule has 3 nitrogen and oxygen atoms in total. The number of carbonyl (C=O) groups excluding carboxylic acids is 1. The van der Waals surface area contributed by atoms with Crippen molar-refractivity contribution in [3.8, 4) is 5.75 Å². The molecule has 2 aromatic carbocycles. The van der Waals surface area contributed by atoms with Gasteiger partial charge in [-0.2, -0.15) is 0 Å². The minimum atomic E-state index is -0.644. The summed E-state index contributed by atoms with van der Waals surface area (Å²) in [6, 6.07) is 7.28. The zero-order valence-corrected chi connectivity index (χ0v) is 10.1. The van der Waals surface area contributed by atoms with Crippen molar-refractivity contribution in [3.63, 3.8) is 0 Å². The van der Waals surface area contributed by atoms with Crippen LogP contribution in [0.3, 0.4) is 0 Å². The first-order chi connectivity index (χ1) is 9.02. The Balaban J connectivity index is 2.41. The fourth-order valence-electron chi connectivity index (χ4n) is 1.70. The molecule has 0 amide bonds. The van der Waals surface area contributed by atoms with Crippen LogP contribution >= 0.6 is 0 Å². The predicted molar refractivity (Wildman–Crippen MR) is 67.2 cm³/mol. The second kappa shape index (κ2) is 5.06. The van der Waals surface area contributed by atoms with E-state index in [-0.39, 0.29) is 22.6 Å². The van der Waals surface area contributed by atoms with E-state index in [4.69, 9.17) is 10.5 Å². The van der Waals surface area contributed by atoms with Gasteiger partial charge in [-0.1, -0.05) is 0 Å². The van der Waals surface area contributed by atoms with Crippen molar-refractivity contribution in [2.75, 3.05) is 12.8 Å². The van der Waals surface area contributed by atoms with E-state index in [1.807, 2.05) is 0 Å². The van der Waals surface area contributed by atoms with E-state index in [0.717, 1.165) is 18.2 Å². The maximum atomic E-state index is 13.5. The number of nitrogen functional groups attached to an aromatic ring is 1. The average Bonchev–Trinajstić information content (AvgIpc) is 2.38. The summed E-state index contributed by atoms with van der Waals surface area (Å²) in [6.45, 7) is 0. The third-order valence-electron chi connectivity index (χ3n) is 2.67. The zero-order chi connectivity index (χ0) is 14.0. The first-order valence-corrected chi connectivity index (χ1v) is 5.46. The highest BCUT2D eigenvalue weighted by Crippen LogP contribution is 2.22. The van der Waals surface area contributed by atoms with Gasteiger partial charge in [-0.25, -0.2) is 8.78 Å². The fraction of sp³-hybridized carbons (Fsp3) is 0.0714. The van der Waals surface area contributed by atoms with E-state index in [2.05, 4.69) is 0 Å². The van der Waals surface area contributed by atoms with Crippen LogP contribution in [0.1, 0.15) is 15.9 Å². The van der Waals surface area contributed by atoms with Crippen molar-refractivity contribution >= 4 is 11.5 Å². The van der Waals surface area contributed by atoms with Gasteiger partial charge in [0.1, 0.15) is 5.82 Å². The Kier molecular flexibility index (Phi) is 3.46. The Morgan fingerprint density at radius 2 is 1.89 bits per heavy atom. The van der Waals surface area contributed by atoms with Crippen LogP contribution in [0, 0.1) is 11.6 Å². The molecule has 0 atom stereocenters. The molecular formula is C14H11F2NO2. The van der Waals surface area contributed by atoms with E-state index >= 15 is 0 Å². The van der Waals surface area contributed by atoms with Gasteiger partial charge in [0, 0.05) is 16.8 Å². The number of halogens is 2. The quantitative estimate of drug-likeness (QED) is 0.684. The van der Waals surface area contributed by atoms with Crippen molar-refractivity contribution in [1.29, 1.82) is 0 Å². The van der Waals surface area contributed by atoms with Crippen LogP contribution in [-0.2, 0) is 0 Å². The topological polar surface area (TPSA) is 52.3 Å². The average molecular weight is 263 g/mol. The largest absolute Gasteiger partial charge is 0.494 e. The van der Waals surface area contributed by atoms with Gasteiger partial charge in [-0.3, -0.25) is 4.79 Å². The van der Waals surface area contributed by atoms with E-state index in [1.54, 1.807) is 0 Å². The van der Waals surface area contributed by atoms with Gasteiger partial charge in [-0.05, 0) is 36.4 Å². The van der Waals surface area contributed by atoms with Crippen molar-refractivity contribution in [1.82, 2.24) is 0 Å². The van der Waals surface area contributed by atoms with Crippen LogP contribution in [0.25, 0.3) is 0 Å². The number of methoxy groups -OCH3 is 1. The second-order valence-corrected chi connectivity index (χ2v) is 3.91. The molecule has 0 aliphatic heterocycles. The van der Waals surface area contributed by atoms with Gasteiger partial charge >= 0.3 is 0 Å². The summed E-state index contributed by atoms with van der Waals surface area (Å²) in [7, 11) is 1.33. The number of ketones is 1. The Morgan fingerprint density at radius 1 is 1.16 bits per heavy atom. The van der Waals surface area contributed by atoms with Gasteiger partial charge in [-0.15, -0.1) is 0 Å². The zero-order valence-electron chi connectivity index (χ0n) is 10.1. The van der Waals surface area contributed by atoms with Crippen LogP contribution in [0.2, 0.25) is 0 Å². The molecule has 0 aromatic heterocycles. The highest BCUT2D eigenvalue weighted by molar-refractivity contribution is 6.12. The third kappa shape index (κ3) is 2.54. The molecule has 0 aliphatic rings. The van der Waals surface area contributed by atoms with Gasteiger partial charge in [0.05, 0.1) is 7.11 Å². The van der Waals surface area contributed by atoms with Crippen LogP contribution in [-0.4, -0.2) is 12.9 Å². The lowest BCUT2D eigenvalue weighted by Crippen LogP contribution is -2.06. The molecule has 0 radical (unpaired) electrons. The van der Waals surface area contributed by atoms with E-state index in [9.17, 15) is 13.6 Å². The maximum Gasteiger partial charge on any atom is 0.195 e. The lowest BCUT2D eigenvalue weighted by atomic mass is 10.0. The van der Waals surface area contributed by atoms with E-state index in [0.29, 0.717) is 0 Å². The molecule has 0 saturated carbocycles. The summed E-state index contributed by atoms with van der Waals surface area (Å²) >= 11 is 0. The highest BCUT2D eigenvalue weighted by Gasteiger charge is 2.15. The molecule has 2 aromatic rings. The van der Waals surface area contributed by atoms with Crippen LogP contribution in [0.5, 0.6) is 5.75 Å². The Morgan fingerprint density at radius 3 is 2.47 bits per heavy atom. The van der Waals surface area contributed by atoms with Crippen LogP contribution < -0.4 is 10.5 Å². The summed E-state index contributed by atoms with van der Waals surface area (Å²) in [6.07, 6.45) is 0. The monoisotopic (exact) mass is 263 g/mol. The first-order valence-electron chi connectivity index (χ1n) is 5.46. The molecule has 98 valence electrons. The molecule has 0 saturated heterocycles. The lowest BCUT2D eigenvalue weighted by molar-refractivity contribution is 0.103. The molecule has 0 spiro atoms. The molecule has 0 unspecified atom stereocenters. The Labute approximate surface area is 108 Å². The molecule has 2 rings (SSSR count). The van der Waals surface area contributed by atoms with Gasteiger partial charge in [0.2, 0.25) is 0 Å². The first kappa shape index (κ1) is 13.0. The van der Waals surface area contributed by atoms with Crippen molar-refractivity contribution in [2.24, 2.45) is 0 Å². The standard InChI is InChI=1S/C14H11F2NO2/c1-19-13-5-2-8(6-11(13)16)14(18)10-4-3-9(15)7-12(10)17/h2-7H,17H2,1H3. The number of carbonyl (C=O) groups is 1. The smallest absolute Gasteiger partial charge is 0.195 e. The van der Waals surface area contributed by atoms with Crippen LogP contribution in [0.15, 0.2) is 36.4 Å². The molecule has 5 heteroatoms. The van der Waals surface area contributed by atoms with E-state index < -0.39 is 17.4 Å². The van der Waals surface area contributed by atoms with Crippen molar-refractivity contribution in [2.45, 2.75) is 0 Å². The summed E-state index contributed by atoms with van der Waals surface area (Å²) in [5.41, 5.74) is 5.84. The number of rotatable bonds is 3. The maximum absolute atomic E-state index is 13.5. The molecule has 2 N–H and O–H groups in total. The minimum Gasteiger partial charge on any atom is -0.494 e. The van der Waals surface area contributed by atoms with E-state index in [1.165, 1.54) is 25.3 Å². The highest BCUT2D eigenvalue weighted by atomic mass is 19.1. The number of ether oxygens (including phenoxy) is 1. The number of nitrogens with two attached hydrogens (primary N) is 1. The van der Waals surface area contributed by atoms with Gasteiger partial charge < -0.3 is 10.5 Å². The van der Waals surface area contributed by atoms with Crippen molar-refractivity contribution in [3.05, 3.63) is 59.2 Å². The summed E-state index contributed by atoms with van der Waals surface area (Å²) in [5.74, 6) is -1.60. The molecular weight excluding hydrogens is 252 g/mol. The molecule has 0 fully saturated rings. The Hall–Kier alpha value is -2.43. The SMILES string of the molecule is COc1ccc(C(=O)c2ccc(F)cc2N)cc1F. The molecule has 0 aliphatic carbocycles. The van der Waals surface area contributed by atoms with Crippen LogP contribution in [0.4, 0.5) is 14.5 Å². The summed E-state index contributed by atoms with van der Waals surface area (Å²) in [5, 5.41) is 0. The predicted octanol–water partition coefficient (Wildman–Crippen LogP) is 2.79. The molecule has 0 heterocycles. The normalized spacial score (nSPS) is 10.3. The number of benzene rings is 2. The molecule has 0 bridgehead atoms. The van der Waals surface area contributed by atoms with Gasteiger partial charge in [0.25, 0.3) is 0 Å². The Bertz CT molecular complexity index is 641. The number of hydrogen-bond donors (Lipinski definition) is 1. The minimum absolute atomic E-state index is 0.0150. The fourth-order valence-corrected chi connectivity index (χ4v) is 1.70. The second-order valence-electron chi connectivity index (χ2n) is 3.91. The third-order valence-corrected chi connectivity index (χ3v) is 2.67. The van der Waals surface area contributed by atoms with Gasteiger partial charge in [0.15, 0.2) is 17.3 Å². The number of hydrogen-bond acceptors (Lipinski definition) is 3. The number of anilines is 1. The summed E-state index contributed by atoms with van der Waals surface area (Å²) < 4.78 is 31.2.